The molecule has 1 aromatic rings. The molecule has 0 heterocycles. The summed E-state index contributed by atoms with van der Waals surface area (Å²) < 4.78 is 0. The standard InChI is InChI=1S/C18H36N.C7H6O2.K/c1-2-3-4-5-6-7-8-9-10-11-12-13-14-15-16-17-18-19;8-7(9)6-4-2-1-3-5-6;/h9-10,19H,2-8,11-18H2,1H3;1-5H,(H,8,9);/q-1;;+1. The van der Waals surface area contributed by atoms with Crippen LogP contribution in [-0.2, 0) is 0 Å². The van der Waals surface area contributed by atoms with E-state index in [1.54, 1.807) is 30.3 Å². The molecule has 0 saturated heterocycles. The number of hydrogen-bond donors (Lipinski definition) is 1. The van der Waals surface area contributed by atoms with Crippen molar-refractivity contribution in [2.75, 3.05) is 6.54 Å². The van der Waals surface area contributed by atoms with Crippen molar-refractivity contribution in [1.29, 1.82) is 0 Å². The normalized spacial score (nSPS) is 10.3. The minimum atomic E-state index is -0.879. The van der Waals surface area contributed by atoms with E-state index in [1.807, 2.05) is 0 Å². The van der Waals surface area contributed by atoms with Crippen molar-refractivity contribution in [1.82, 2.24) is 0 Å². The van der Waals surface area contributed by atoms with E-state index in [1.165, 1.54) is 83.5 Å². The molecule has 4 heteroatoms. The molecule has 0 unspecified atom stereocenters. The SMILES string of the molecule is CCCCCCCCC=CCCCCCCCC[NH-].O=C(O)c1ccccc1.[K+]. The number of carboxylic acid groups (broad SMARTS) is 1. The maximum atomic E-state index is 10.2. The van der Waals surface area contributed by atoms with Gasteiger partial charge in [-0.3, -0.25) is 0 Å². The Labute approximate surface area is 222 Å². The third-order valence-electron chi connectivity index (χ3n) is 4.71. The van der Waals surface area contributed by atoms with Gasteiger partial charge in [0.15, 0.2) is 0 Å². The molecule has 0 aromatic heterocycles. The minimum Gasteiger partial charge on any atom is -0.677 e. The van der Waals surface area contributed by atoms with Crippen molar-refractivity contribution in [2.24, 2.45) is 0 Å². The summed E-state index contributed by atoms with van der Waals surface area (Å²) in [6.07, 6.45) is 23.5. The molecule has 0 atom stereocenters. The molecule has 0 bridgehead atoms. The van der Waals surface area contributed by atoms with Gasteiger partial charge in [0, 0.05) is 0 Å². The van der Waals surface area contributed by atoms with Gasteiger partial charge in [-0.15, -0.1) is 0 Å². The molecular weight excluding hydrogens is 385 g/mol. The van der Waals surface area contributed by atoms with E-state index in [4.69, 9.17) is 10.8 Å². The molecule has 0 fully saturated rings. The van der Waals surface area contributed by atoms with Gasteiger partial charge in [0.1, 0.15) is 0 Å². The fourth-order valence-corrected chi connectivity index (χ4v) is 2.95. The Bertz CT molecular complexity index is 477. The van der Waals surface area contributed by atoms with Gasteiger partial charge in [0.05, 0.1) is 5.56 Å². The average Bonchev–Trinajstić information content (AvgIpc) is 2.72. The van der Waals surface area contributed by atoms with E-state index in [9.17, 15) is 4.79 Å². The summed E-state index contributed by atoms with van der Waals surface area (Å²) in [6, 6.07) is 8.30. The second kappa shape index (κ2) is 26.1. The van der Waals surface area contributed by atoms with Crippen LogP contribution in [0.4, 0.5) is 0 Å². The topological polar surface area (TPSA) is 61.1 Å². The molecule has 160 valence electrons. The van der Waals surface area contributed by atoms with Crippen LogP contribution in [0.1, 0.15) is 107 Å². The van der Waals surface area contributed by atoms with Gasteiger partial charge in [-0.05, 0) is 37.8 Å². The monoisotopic (exact) mass is 427 g/mol. The van der Waals surface area contributed by atoms with Crippen LogP contribution >= 0.6 is 0 Å². The first-order valence-corrected chi connectivity index (χ1v) is 11.3. The van der Waals surface area contributed by atoms with E-state index in [2.05, 4.69) is 19.1 Å². The fraction of sp³-hybridized carbons (Fsp3) is 0.640. The van der Waals surface area contributed by atoms with Crippen LogP contribution in [0.3, 0.4) is 0 Å². The average molecular weight is 428 g/mol. The van der Waals surface area contributed by atoms with Crippen molar-refractivity contribution in [3.8, 4) is 0 Å². The molecule has 1 aromatic carbocycles. The number of nitrogens with one attached hydrogen (secondary N) is 1. The Balaban J connectivity index is 0. The zero-order chi connectivity index (χ0) is 20.7. The summed E-state index contributed by atoms with van der Waals surface area (Å²) in [5.41, 5.74) is 7.40. The molecule has 0 spiro atoms. The number of rotatable bonds is 16. The van der Waals surface area contributed by atoms with Crippen LogP contribution < -0.4 is 51.4 Å². The van der Waals surface area contributed by atoms with E-state index >= 15 is 0 Å². The molecule has 1 rings (SSSR count). The van der Waals surface area contributed by atoms with Crippen LogP contribution in [0.5, 0.6) is 0 Å². The number of carbonyl (C=O) groups is 1. The Kier molecular flexibility index (Phi) is 28.1. The van der Waals surface area contributed by atoms with Crippen molar-refractivity contribution in [3.05, 3.63) is 53.8 Å². The summed E-state index contributed by atoms with van der Waals surface area (Å²) >= 11 is 0. The molecular formula is C25H42KNO2. The van der Waals surface area contributed by atoms with Gasteiger partial charge in [0.25, 0.3) is 0 Å². The summed E-state index contributed by atoms with van der Waals surface area (Å²) in [4.78, 5) is 10.2. The molecule has 3 nitrogen and oxygen atoms in total. The maximum absolute atomic E-state index is 10.2. The largest absolute Gasteiger partial charge is 1.00 e. The van der Waals surface area contributed by atoms with Crippen LogP contribution in [0.15, 0.2) is 42.5 Å². The van der Waals surface area contributed by atoms with E-state index < -0.39 is 5.97 Å². The number of carboxylic acids is 1. The predicted octanol–water partition coefficient (Wildman–Crippen LogP) is 5.46. The van der Waals surface area contributed by atoms with Crippen molar-refractivity contribution in [2.45, 2.75) is 96.8 Å². The zero-order valence-corrected chi connectivity index (χ0v) is 22.1. The molecule has 0 radical (unpaired) electrons. The van der Waals surface area contributed by atoms with Gasteiger partial charge < -0.3 is 10.8 Å². The number of unbranched alkanes of at least 4 members (excludes halogenated alkanes) is 12. The molecule has 0 amide bonds. The zero-order valence-electron chi connectivity index (χ0n) is 19.0. The number of aromatic carboxylic acids is 1. The Morgan fingerprint density at radius 3 is 1.66 bits per heavy atom. The van der Waals surface area contributed by atoms with E-state index in [-0.39, 0.29) is 51.4 Å². The molecule has 0 aliphatic carbocycles. The number of benzene rings is 1. The molecule has 2 N–H and O–H groups in total. The first kappa shape index (κ1) is 31.2. The van der Waals surface area contributed by atoms with Crippen LogP contribution in [-0.4, -0.2) is 17.6 Å². The quantitative estimate of drug-likeness (QED) is 0.216. The van der Waals surface area contributed by atoms with Gasteiger partial charge in [-0.2, -0.15) is 6.54 Å². The molecule has 0 aliphatic rings. The van der Waals surface area contributed by atoms with E-state index in [0.29, 0.717) is 12.1 Å². The number of hydrogen-bond acceptors (Lipinski definition) is 1. The number of allylic oxidation sites excluding steroid dienone is 2. The van der Waals surface area contributed by atoms with Crippen molar-refractivity contribution in [3.63, 3.8) is 0 Å². The first-order chi connectivity index (χ1) is 13.7. The van der Waals surface area contributed by atoms with Gasteiger partial charge in [-0.25, -0.2) is 4.79 Å². The molecule has 0 aliphatic heterocycles. The third kappa shape index (κ3) is 24.2. The van der Waals surface area contributed by atoms with Gasteiger partial charge in [0.2, 0.25) is 0 Å². The Morgan fingerprint density at radius 1 is 0.793 bits per heavy atom. The predicted molar refractivity (Wildman–Crippen MR) is 122 cm³/mol. The Morgan fingerprint density at radius 2 is 1.24 bits per heavy atom. The molecule has 29 heavy (non-hydrogen) atoms. The fourth-order valence-electron chi connectivity index (χ4n) is 2.95. The second-order valence-corrected chi connectivity index (χ2v) is 7.36. The van der Waals surface area contributed by atoms with Crippen LogP contribution in [0.2, 0.25) is 0 Å². The minimum absolute atomic E-state index is 0. The van der Waals surface area contributed by atoms with E-state index in [0.717, 1.165) is 6.42 Å². The van der Waals surface area contributed by atoms with Gasteiger partial charge >= 0.3 is 57.4 Å². The first-order valence-electron chi connectivity index (χ1n) is 11.3. The smallest absolute Gasteiger partial charge is 0.677 e. The van der Waals surface area contributed by atoms with Crippen molar-refractivity contribution < 1.29 is 61.3 Å². The summed E-state index contributed by atoms with van der Waals surface area (Å²) in [6.45, 7) is 2.89. The van der Waals surface area contributed by atoms with Crippen molar-refractivity contribution >= 4 is 5.97 Å². The second-order valence-electron chi connectivity index (χ2n) is 7.36. The van der Waals surface area contributed by atoms with Crippen LogP contribution in [0, 0.1) is 0 Å². The van der Waals surface area contributed by atoms with Gasteiger partial charge in [-0.1, -0.05) is 101 Å². The summed E-state index contributed by atoms with van der Waals surface area (Å²) in [5.74, 6) is -0.879. The van der Waals surface area contributed by atoms with Crippen LogP contribution in [0.25, 0.3) is 5.73 Å². The third-order valence-corrected chi connectivity index (χ3v) is 4.71. The molecule has 0 saturated carbocycles. The summed E-state index contributed by atoms with van der Waals surface area (Å²) in [5, 5.41) is 8.38. The summed E-state index contributed by atoms with van der Waals surface area (Å²) in [7, 11) is 0. The maximum Gasteiger partial charge on any atom is 1.00 e. The Hall–Kier alpha value is 0.0264.